The monoisotopic (exact) mass is 545 g/mol. The number of benzene rings is 2. The molecule has 0 bridgehead atoms. The normalized spacial score (nSPS) is 13.3. The molecule has 0 fully saturated rings. The molecule has 1 unspecified atom stereocenters. The third kappa shape index (κ3) is 5.35. The maximum atomic E-state index is 14.0. The molecule has 1 aromatic heterocycles. The highest BCUT2D eigenvalue weighted by molar-refractivity contribution is 7.94. The number of carbonyl (C=O) groups is 1. The van der Waals surface area contributed by atoms with Gasteiger partial charge in [0.05, 0.1) is 25.2 Å². The number of carbonyl (C=O) groups excluding carboxylic acids is 1. The predicted octanol–water partition coefficient (Wildman–Crippen LogP) is 5.91. The summed E-state index contributed by atoms with van der Waals surface area (Å²) in [7, 11) is -4.34. The molecule has 6 nitrogen and oxygen atoms in total. The second-order valence-electron chi connectivity index (χ2n) is 7.97. The van der Waals surface area contributed by atoms with Crippen LogP contribution < -0.4 is 10.6 Å². The van der Waals surface area contributed by atoms with Crippen LogP contribution in [-0.2, 0) is 19.3 Å². The lowest BCUT2D eigenvalue weighted by atomic mass is 10.2. The molecule has 9 heteroatoms. The number of ether oxygens (including phenoxy) is 1. The van der Waals surface area contributed by atoms with Crippen LogP contribution in [0.3, 0.4) is 0 Å². The van der Waals surface area contributed by atoms with Gasteiger partial charge in [0.1, 0.15) is 0 Å². The zero-order valence-corrected chi connectivity index (χ0v) is 23.4. The van der Waals surface area contributed by atoms with Gasteiger partial charge < -0.3 is 9.26 Å². The van der Waals surface area contributed by atoms with Crippen molar-refractivity contribution in [2.24, 2.45) is 0 Å². The Kier molecular flexibility index (Phi) is 8.96. The summed E-state index contributed by atoms with van der Waals surface area (Å²) in [6.45, 7) is 11.1. The molecule has 0 aliphatic carbocycles. The molecule has 0 amide bonds. The molecular formula is C27H29ClNO5PS. The number of fused-ring (bicyclic) bond motifs is 1. The Hall–Kier alpha value is -2.70. The highest BCUT2D eigenvalue weighted by Gasteiger charge is 2.36. The summed E-state index contributed by atoms with van der Waals surface area (Å²) >= 11 is 6.36. The highest BCUT2D eigenvalue weighted by atomic mass is 35.5. The largest absolute Gasteiger partial charge is 0.461 e. The number of rotatable bonds is 9. The fourth-order valence-corrected chi connectivity index (χ4v) is 7.81. The second-order valence-corrected chi connectivity index (χ2v) is 12.1. The number of hydrogen-bond acceptors (Lipinski definition) is 5. The van der Waals surface area contributed by atoms with Gasteiger partial charge in [-0.1, -0.05) is 47.5 Å². The number of esters is 1. The topological polar surface area (TPSA) is 74.6 Å². The van der Waals surface area contributed by atoms with Crippen molar-refractivity contribution < 1.29 is 22.5 Å². The van der Waals surface area contributed by atoms with E-state index in [1.807, 2.05) is 32.0 Å². The van der Waals surface area contributed by atoms with Gasteiger partial charge in [0.25, 0.3) is 10.0 Å². The molecule has 3 aromatic rings. The van der Waals surface area contributed by atoms with E-state index in [0.717, 1.165) is 20.4 Å². The van der Waals surface area contributed by atoms with Gasteiger partial charge >= 0.3 is 5.97 Å². The van der Waals surface area contributed by atoms with Crippen molar-refractivity contribution in [3.05, 3.63) is 94.0 Å². The van der Waals surface area contributed by atoms with Gasteiger partial charge in [-0.2, -0.15) is 0 Å². The summed E-state index contributed by atoms with van der Waals surface area (Å²) in [5.74, 6) is -0.772. The molecule has 0 N–H and O–H groups in total. The lowest BCUT2D eigenvalue weighted by Gasteiger charge is -2.19. The minimum atomic E-state index is -4.26. The molecule has 1 heterocycles. The smallest absolute Gasteiger partial charge is 0.356 e. The number of allylic oxidation sites excluding steroid dienone is 4. The van der Waals surface area contributed by atoms with Crippen LogP contribution in [0.2, 0.25) is 5.02 Å². The standard InChI is InChI=1S/C27H29ClNO5PS/c1-7-10-11-22(8-2)36(31,32)29-24-13-12-20(28)17-23(24)26(25(29)27(30)34-9-3)35(33-6)21-15-18(4)14-19(5)16-21/h7-8,10-17H,2,9H2,1,3-6H3/b10-7-,22-11+. The average Bonchev–Trinajstić information content (AvgIpc) is 3.14. The lowest BCUT2D eigenvalue weighted by Crippen LogP contribution is -2.26. The van der Waals surface area contributed by atoms with Crippen molar-refractivity contribution in [3.8, 4) is 0 Å². The van der Waals surface area contributed by atoms with Gasteiger partial charge in [-0.15, -0.1) is 0 Å². The summed E-state index contributed by atoms with van der Waals surface area (Å²) < 4.78 is 40.4. The number of nitrogens with zero attached hydrogens (tertiary/aromatic N) is 1. The molecular weight excluding hydrogens is 517 g/mol. The molecule has 3 rings (SSSR count). The van der Waals surface area contributed by atoms with Crippen LogP contribution in [0.1, 0.15) is 35.5 Å². The van der Waals surface area contributed by atoms with Crippen molar-refractivity contribution in [1.29, 1.82) is 0 Å². The molecule has 190 valence electrons. The third-order valence-corrected chi connectivity index (χ3v) is 9.29. The summed E-state index contributed by atoms with van der Waals surface area (Å²) in [5.41, 5.74) is 2.21. The molecule has 2 aromatic carbocycles. The maximum Gasteiger partial charge on any atom is 0.356 e. The first-order chi connectivity index (χ1) is 17.1. The molecule has 0 aliphatic rings. The summed E-state index contributed by atoms with van der Waals surface area (Å²) in [6, 6.07) is 10.8. The molecule has 0 aliphatic heterocycles. The van der Waals surface area contributed by atoms with E-state index in [1.54, 1.807) is 51.3 Å². The fraction of sp³-hybridized carbons (Fsp3) is 0.222. The van der Waals surface area contributed by atoms with Gasteiger partial charge in [-0.25, -0.2) is 17.2 Å². The molecule has 0 spiro atoms. The Morgan fingerprint density at radius 2 is 1.83 bits per heavy atom. The predicted molar refractivity (Wildman–Crippen MR) is 149 cm³/mol. The first-order valence-electron chi connectivity index (χ1n) is 11.2. The van der Waals surface area contributed by atoms with Crippen LogP contribution in [0.5, 0.6) is 0 Å². The van der Waals surface area contributed by atoms with E-state index in [4.69, 9.17) is 20.9 Å². The van der Waals surface area contributed by atoms with Gasteiger partial charge in [0.2, 0.25) is 0 Å². The Labute approximate surface area is 218 Å². The number of aryl methyl sites for hydroxylation is 2. The fourth-order valence-electron chi connectivity index (χ4n) is 4.00. The van der Waals surface area contributed by atoms with Crippen LogP contribution >= 0.6 is 19.7 Å². The zero-order chi connectivity index (χ0) is 26.6. The van der Waals surface area contributed by atoms with E-state index in [-0.39, 0.29) is 17.2 Å². The SMILES string of the molecule is C=C/C(=C\C=C/C)S(=O)(=O)n1c(C(=O)OCC)c(P(OC)c2cc(C)cc(C)c2)c2cc(Cl)ccc21. The van der Waals surface area contributed by atoms with Crippen molar-refractivity contribution in [2.75, 3.05) is 13.7 Å². The van der Waals surface area contributed by atoms with Crippen LogP contribution in [0.4, 0.5) is 0 Å². The Balaban J connectivity index is 2.55. The average molecular weight is 546 g/mol. The Morgan fingerprint density at radius 1 is 1.17 bits per heavy atom. The van der Waals surface area contributed by atoms with Crippen LogP contribution in [0.15, 0.2) is 72.2 Å². The van der Waals surface area contributed by atoms with E-state index in [1.165, 1.54) is 12.2 Å². The van der Waals surface area contributed by atoms with Crippen LogP contribution in [0.25, 0.3) is 10.9 Å². The molecule has 0 saturated heterocycles. The van der Waals surface area contributed by atoms with Crippen LogP contribution in [0, 0.1) is 13.8 Å². The van der Waals surface area contributed by atoms with Crippen molar-refractivity contribution >= 4 is 57.3 Å². The van der Waals surface area contributed by atoms with E-state index >= 15 is 0 Å². The van der Waals surface area contributed by atoms with Crippen molar-refractivity contribution in [1.82, 2.24) is 3.97 Å². The summed E-state index contributed by atoms with van der Waals surface area (Å²) in [6.07, 6.45) is 5.98. The Bertz CT molecular complexity index is 1470. The molecule has 0 saturated carbocycles. The minimum absolute atomic E-state index is 0.0673. The third-order valence-electron chi connectivity index (χ3n) is 5.35. The number of halogens is 1. The van der Waals surface area contributed by atoms with Gasteiger partial charge in [0.15, 0.2) is 5.69 Å². The quantitative estimate of drug-likeness (QED) is 0.190. The van der Waals surface area contributed by atoms with E-state index in [2.05, 4.69) is 6.58 Å². The first kappa shape index (κ1) is 27.9. The minimum Gasteiger partial charge on any atom is -0.461 e. The van der Waals surface area contributed by atoms with E-state index < -0.39 is 24.1 Å². The molecule has 1 atom stereocenters. The summed E-state index contributed by atoms with van der Waals surface area (Å²) in [5, 5.41) is 2.15. The maximum absolute atomic E-state index is 14.0. The van der Waals surface area contributed by atoms with Gasteiger partial charge in [-0.3, -0.25) is 0 Å². The second kappa shape index (κ2) is 11.6. The number of aromatic nitrogens is 1. The van der Waals surface area contributed by atoms with Crippen molar-refractivity contribution in [3.63, 3.8) is 0 Å². The number of hydrogen-bond donors (Lipinski definition) is 0. The molecule has 36 heavy (non-hydrogen) atoms. The summed E-state index contributed by atoms with van der Waals surface area (Å²) in [4.78, 5) is 13.4. The van der Waals surface area contributed by atoms with E-state index in [9.17, 15) is 13.2 Å². The first-order valence-corrected chi connectivity index (χ1v) is 14.3. The van der Waals surface area contributed by atoms with Crippen LogP contribution in [-0.4, -0.2) is 32.1 Å². The van der Waals surface area contributed by atoms with Crippen molar-refractivity contribution in [2.45, 2.75) is 27.7 Å². The lowest BCUT2D eigenvalue weighted by molar-refractivity contribution is 0.0520. The van der Waals surface area contributed by atoms with Gasteiger partial charge in [-0.05, 0) is 70.2 Å². The Morgan fingerprint density at radius 3 is 2.39 bits per heavy atom. The van der Waals surface area contributed by atoms with Gasteiger partial charge in [0, 0.05) is 28.1 Å². The zero-order valence-electron chi connectivity index (χ0n) is 20.9. The molecule has 0 radical (unpaired) electrons. The highest BCUT2D eigenvalue weighted by Crippen LogP contribution is 2.42. The van der Waals surface area contributed by atoms with E-state index in [0.29, 0.717) is 21.2 Å².